The van der Waals surface area contributed by atoms with E-state index in [0.717, 1.165) is 11.3 Å². The largest absolute Gasteiger partial charge is 0.257 e. The summed E-state index contributed by atoms with van der Waals surface area (Å²) < 4.78 is 2.26. The Hall–Kier alpha value is -1.38. The number of hydrogen-bond acceptors (Lipinski definition) is 3. The number of nitriles is 1. The molecule has 0 fully saturated rings. The minimum absolute atomic E-state index is 0.462. The highest BCUT2D eigenvalue weighted by Gasteiger charge is 2.14. The Morgan fingerprint density at radius 3 is 2.94 bits per heavy atom. The van der Waals surface area contributed by atoms with Gasteiger partial charge in [0.25, 0.3) is 0 Å². The number of nitrogens with zero attached hydrogens (tertiary/aromatic N) is 4. The van der Waals surface area contributed by atoms with Crippen molar-refractivity contribution in [1.82, 2.24) is 14.8 Å². The van der Waals surface area contributed by atoms with Crippen LogP contribution in [-0.2, 0) is 13.5 Å². The third-order valence-electron chi connectivity index (χ3n) is 2.36. The Kier molecular flexibility index (Phi) is 3.46. The van der Waals surface area contributed by atoms with E-state index in [1.54, 1.807) is 17.9 Å². The summed E-state index contributed by atoms with van der Waals surface area (Å²) in [4.78, 5) is 4.00. The summed E-state index contributed by atoms with van der Waals surface area (Å²) in [5, 5.41) is 13.7. The maximum Gasteiger partial charge on any atom is 0.152 e. The zero-order valence-electron chi connectivity index (χ0n) is 8.98. The minimum atomic E-state index is 0.462. The normalized spacial score (nSPS) is 10.2. The van der Waals surface area contributed by atoms with Crippen molar-refractivity contribution >= 4 is 27.5 Å². The molecule has 0 bridgehead atoms. The Balaban J connectivity index is 2.38. The fraction of sp³-hybridized carbons (Fsp3) is 0.182. The lowest BCUT2D eigenvalue weighted by Gasteiger charge is -2.00. The van der Waals surface area contributed by atoms with Gasteiger partial charge in [0, 0.05) is 19.7 Å². The van der Waals surface area contributed by atoms with E-state index in [1.807, 2.05) is 12.1 Å². The molecule has 17 heavy (non-hydrogen) atoms. The summed E-state index contributed by atoms with van der Waals surface area (Å²) in [6.07, 6.45) is 2.18. The fourth-order valence-corrected chi connectivity index (χ4v) is 2.27. The first-order chi connectivity index (χ1) is 8.13. The third-order valence-corrected chi connectivity index (χ3v) is 3.53. The summed E-state index contributed by atoms with van der Waals surface area (Å²) in [5.41, 5.74) is 2.16. The Bertz CT molecular complexity index is 600. The molecule has 0 aromatic carbocycles. The first-order valence-corrected chi connectivity index (χ1v) is 6.01. The van der Waals surface area contributed by atoms with Gasteiger partial charge in [0.05, 0.1) is 10.2 Å². The molecule has 0 radical (unpaired) electrons. The summed E-state index contributed by atoms with van der Waals surface area (Å²) in [7, 11) is 1.73. The van der Waals surface area contributed by atoms with E-state index in [-0.39, 0.29) is 0 Å². The van der Waals surface area contributed by atoms with E-state index >= 15 is 0 Å². The van der Waals surface area contributed by atoms with Crippen molar-refractivity contribution in [3.63, 3.8) is 0 Å². The van der Waals surface area contributed by atoms with Crippen LogP contribution in [0.3, 0.4) is 0 Å². The molecule has 0 aliphatic rings. The van der Waals surface area contributed by atoms with Gasteiger partial charge in [0.1, 0.15) is 11.2 Å². The predicted octanol–water partition coefficient (Wildman–Crippen LogP) is 2.69. The van der Waals surface area contributed by atoms with Gasteiger partial charge >= 0.3 is 0 Å². The molecule has 0 saturated carbocycles. The SMILES string of the molecule is Cn1nc(Cc2cccnc2Cl)c(Br)c1C#N. The smallest absolute Gasteiger partial charge is 0.152 e. The van der Waals surface area contributed by atoms with Gasteiger partial charge in [-0.25, -0.2) is 4.98 Å². The quantitative estimate of drug-likeness (QED) is 0.801. The van der Waals surface area contributed by atoms with Gasteiger partial charge in [0.2, 0.25) is 0 Å². The molecule has 0 spiro atoms. The molecule has 2 heterocycles. The van der Waals surface area contributed by atoms with Gasteiger partial charge in [-0.2, -0.15) is 10.4 Å². The van der Waals surface area contributed by atoms with Crippen molar-refractivity contribution in [3.05, 3.63) is 44.9 Å². The van der Waals surface area contributed by atoms with Gasteiger partial charge in [-0.1, -0.05) is 17.7 Å². The highest BCUT2D eigenvalue weighted by Crippen LogP contribution is 2.24. The molecular formula is C11H8BrClN4. The Labute approximate surface area is 112 Å². The molecule has 0 aliphatic heterocycles. The lowest BCUT2D eigenvalue weighted by Crippen LogP contribution is -1.96. The van der Waals surface area contributed by atoms with Crippen LogP contribution in [0.2, 0.25) is 5.15 Å². The second kappa shape index (κ2) is 4.86. The summed E-state index contributed by atoms with van der Waals surface area (Å²) in [6.45, 7) is 0. The van der Waals surface area contributed by atoms with Crippen LogP contribution in [0.15, 0.2) is 22.8 Å². The van der Waals surface area contributed by atoms with Crippen LogP contribution in [-0.4, -0.2) is 14.8 Å². The zero-order chi connectivity index (χ0) is 12.4. The summed E-state index contributed by atoms with van der Waals surface area (Å²) in [6, 6.07) is 5.80. The molecule has 2 aromatic heterocycles. The molecule has 6 heteroatoms. The van der Waals surface area contributed by atoms with Crippen LogP contribution in [0.1, 0.15) is 17.0 Å². The average Bonchev–Trinajstić information content (AvgIpc) is 2.57. The second-order valence-electron chi connectivity index (χ2n) is 3.47. The highest BCUT2D eigenvalue weighted by molar-refractivity contribution is 9.10. The van der Waals surface area contributed by atoms with Crippen LogP contribution < -0.4 is 0 Å². The molecule has 4 nitrogen and oxygen atoms in total. The van der Waals surface area contributed by atoms with Crippen molar-refractivity contribution in [2.24, 2.45) is 7.05 Å². The molecule has 0 unspecified atom stereocenters. The number of pyridine rings is 1. The molecule has 2 aromatic rings. The van der Waals surface area contributed by atoms with Gasteiger partial charge < -0.3 is 0 Å². The number of rotatable bonds is 2. The second-order valence-corrected chi connectivity index (χ2v) is 4.63. The highest BCUT2D eigenvalue weighted by atomic mass is 79.9. The van der Waals surface area contributed by atoms with Crippen molar-refractivity contribution < 1.29 is 0 Å². The van der Waals surface area contributed by atoms with E-state index in [9.17, 15) is 0 Å². The van der Waals surface area contributed by atoms with Crippen LogP contribution in [0, 0.1) is 11.3 Å². The molecular weight excluding hydrogens is 304 g/mol. The van der Waals surface area contributed by atoms with Crippen molar-refractivity contribution in [3.8, 4) is 6.07 Å². The van der Waals surface area contributed by atoms with Crippen LogP contribution in [0.25, 0.3) is 0 Å². The molecule has 0 amide bonds. The minimum Gasteiger partial charge on any atom is -0.257 e. The van der Waals surface area contributed by atoms with Crippen molar-refractivity contribution in [1.29, 1.82) is 5.26 Å². The van der Waals surface area contributed by atoms with Gasteiger partial charge in [-0.3, -0.25) is 4.68 Å². The van der Waals surface area contributed by atoms with Crippen LogP contribution in [0.4, 0.5) is 0 Å². The maximum absolute atomic E-state index is 8.95. The van der Waals surface area contributed by atoms with Crippen molar-refractivity contribution in [2.75, 3.05) is 0 Å². The fourth-order valence-electron chi connectivity index (χ4n) is 1.52. The molecule has 0 aliphatic carbocycles. The van der Waals surface area contributed by atoms with Crippen LogP contribution >= 0.6 is 27.5 Å². The first-order valence-electron chi connectivity index (χ1n) is 4.84. The van der Waals surface area contributed by atoms with E-state index in [0.29, 0.717) is 21.7 Å². The topological polar surface area (TPSA) is 54.5 Å². The molecule has 0 saturated heterocycles. The predicted molar refractivity (Wildman–Crippen MR) is 67.7 cm³/mol. The van der Waals surface area contributed by atoms with Gasteiger partial charge in [0.15, 0.2) is 5.69 Å². The maximum atomic E-state index is 8.95. The van der Waals surface area contributed by atoms with E-state index in [1.165, 1.54) is 0 Å². The zero-order valence-corrected chi connectivity index (χ0v) is 11.3. The summed E-state index contributed by atoms with van der Waals surface area (Å²) in [5.74, 6) is 0. The average molecular weight is 312 g/mol. The van der Waals surface area contributed by atoms with E-state index < -0.39 is 0 Å². The standard InChI is InChI=1S/C11H8BrClN4/c1-17-9(6-14)10(12)8(16-17)5-7-3-2-4-15-11(7)13/h2-4H,5H2,1H3. The Morgan fingerprint density at radius 1 is 1.59 bits per heavy atom. The number of hydrogen-bond donors (Lipinski definition) is 0. The molecule has 0 N–H and O–H groups in total. The number of aromatic nitrogens is 3. The molecule has 0 atom stereocenters. The monoisotopic (exact) mass is 310 g/mol. The van der Waals surface area contributed by atoms with Gasteiger partial charge in [-0.05, 0) is 27.6 Å². The van der Waals surface area contributed by atoms with Crippen LogP contribution in [0.5, 0.6) is 0 Å². The first kappa shape index (κ1) is 12.1. The van der Waals surface area contributed by atoms with Crippen molar-refractivity contribution in [2.45, 2.75) is 6.42 Å². The summed E-state index contributed by atoms with van der Waals surface area (Å²) >= 11 is 9.36. The van der Waals surface area contributed by atoms with Gasteiger partial charge in [-0.15, -0.1) is 0 Å². The number of aryl methyl sites for hydroxylation is 1. The van der Waals surface area contributed by atoms with E-state index in [2.05, 4.69) is 32.1 Å². The third kappa shape index (κ3) is 2.33. The lowest BCUT2D eigenvalue weighted by molar-refractivity contribution is 0.739. The molecule has 86 valence electrons. The molecule has 2 rings (SSSR count). The van der Waals surface area contributed by atoms with E-state index in [4.69, 9.17) is 16.9 Å². The Morgan fingerprint density at radius 2 is 2.35 bits per heavy atom. The number of halogens is 2. The lowest BCUT2D eigenvalue weighted by atomic mass is 10.1.